The van der Waals surface area contributed by atoms with Gasteiger partial charge in [0.2, 0.25) is 0 Å². The quantitative estimate of drug-likeness (QED) is 0.672. The Morgan fingerprint density at radius 3 is 2.87 bits per heavy atom. The molecule has 1 fully saturated rings. The fourth-order valence-electron chi connectivity index (χ4n) is 4.35. The molecular formula is C23H26N4O4. The van der Waals surface area contributed by atoms with E-state index in [0.717, 1.165) is 29.1 Å². The van der Waals surface area contributed by atoms with Gasteiger partial charge in [-0.2, -0.15) is 0 Å². The number of pyridine rings is 1. The van der Waals surface area contributed by atoms with Crippen LogP contribution in [0.3, 0.4) is 0 Å². The largest absolute Gasteiger partial charge is 0.493 e. The second-order valence-corrected chi connectivity index (χ2v) is 7.91. The zero-order chi connectivity index (χ0) is 21.4. The predicted molar refractivity (Wildman–Crippen MR) is 115 cm³/mol. The van der Waals surface area contributed by atoms with E-state index < -0.39 is 0 Å². The molecule has 0 spiro atoms. The van der Waals surface area contributed by atoms with Gasteiger partial charge in [0.25, 0.3) is 5.91 Å². The molecule has 4 heterocycles. The van der Waals surface area contributed by atoms with E-state index in [0.29, 0.717) is 49.8 Å². The van der Waals surface area contributed by atoms with Crippen LogP contribution in [0.25, 0.3) is 5.65 Å². The van der Waals surface area contributed by atoms with Gasteiger partial charge in [0, 0.05) is 31.3 Å². The van der Waals surface area contributed by atoms with Gasteiger partial charge in [0.05, 0.1) is 55.1 Å². The number of nitrogens with one attached hydrogen (secondary N) is 1. The van der Waals surface area contributed by atoms with Gasteiger partial charge < -0.3 is 24.8 Å². The molecule has 1 atom stereocenters. The van der Waals surface area contributed by atoms with Crippen LogP contribution in [-0.2, 0) is 11.3 Å². The number of para-hydroxylation sites is 1. The summed E-state index contributed by atoms with van der Waals surface area (Å²) >= 11 is 0. The molecule has 0 radical (unpaired) electrons. The summed E-state index contributed by atoms with van der Waals surface area (Å²) in [6.45, 7) is 4.57. The molecule has 0 bridgehead atoms. The molecular weight excluding hydrogens is 396 g/mol. The van der Waals surface area contributed by atoms with Gasteiger partial charge in [-0.15, -0.1) is 0 Å². The number of carbonyl (C=O) groups excluding carboxylic acids is 1. The van der Waals surface area contributed by atoms with Crippen LogP contribution in [0.4, 0.5) is 5.69 Å². The number of benzene rings is 1. The molecule has 31 heavy (non-hydrogen) atoms. The molecule has 2 aromatic heterocycles. The fraction of sp³-hybridized carbons (Fsp3) is 0.391. The zero-order valence-electron chi connectivity index (χ0n) is 17.5. The number of rotatable bonds is 4. The molecule has 3 aromatic rings. The Bertz CT molecular complexity index is 1120. The Morgan fingerprint density at radius 1 is 1.26 bits per heavy atom. The molecule has 1 amide bonds. The lowest BCUT2D eigenvalue weighted by atomic mass is 10.0. The lowest BCUT2D eigenvalue weighted by Crippen LogP contribution is -2.40. The molecule has 1 unspecified atom stereocenters. The van der Waals surface area contributed by atoms with Gasteiger partial charge in [-0.1, -0.05) is 18.2 Å². The molecule has 8 nitrogen and oxygen atoms in total. The number of amides is 1. The van der Waals surface area contributed by atoms with E-state index in [4.69, 9.17) is 9.47 Å². The molecule has 1 saturated heterocycles. The number of aliphatic hydroxyl groups is 1. The van der Waals surface area contributed by atoms with Crippen LogP contribution in [-0.4, -0.2) is 58.2 Å². The van der Waals surface area contributed by atoms with Crippen molar-refractivity contribution < 1.29 is 19.4 Å². The van der Waals surface area contributed by atoms with Crippen molar-refractivity contribution >= 4 is 17.2 Å². The van der Waals surface area contributed by atoms with Crippen molar-refractivity contribution in [2.45, 2.75) is 26.0 Å². The average molecular weight is 422 g/mol. The number of fused-ring (bicyclic) bond motifs is 2. The number of anilines is 1. The second kappa shape index (κ2) is 8.20. The molecule has 162 valence electrons. The summed E-state index contributed by atoms with van der Waals surface area (Å²) in [4.78, 5) is 19.7. The normalized spacial score (nSPS) is 18.5. The van der Waals surface area contributed by atoms with Gasteiger partial charge in [0.15, 0.2) is 5.65 Å². The standard InChI is InChI=1S/C23H26N4O4/c1-15-20(14-28)27-13-16(23(29)26-7-10-30-11-8-26)12-19(22(27)24-15)25-18-6-9-31-21-5-3-2-4-17(18)21/h2-5,12-13,18,25,28H,6-11,14H2,1H3. The summed E-state index contributed by atoms with van der Waals surface area (Å²) < 4.78 is 13.0. The topological polar surface area (TPSA) is 88.3 Å². The number of hydrogen-bond acceptors (Lipinski definition) is 6. The lowest BCUT2D eigenvalue weighted by molar-refractivity contribution is 0.0302. The van der Waals surface area contributed by atoms with E-state index in [9.17, 15) is 9.90 Å². The highest BCUT2D eigenvalue weighted by molar-refractivity contribution is 5.96. The van der Waals surface area contributed by atoms with Crippen molar-refractivity contribution in [3.05, 3.63) is 59.0 Å². The molecule has 1 aromatic carbocycles. The van der Waals surface area contributed by atoms with Gasteiger partial charge in [0.1, 0.15) is 5.75 Å². The Labute approximate surface area is 180 Å². The third kappa shape index (κ3) is 3.62. The van der Waals surface area contributed by atoms with Crippen molar-refractivity contribution in [1.29, 1.82) is 0 Å². The average Bonchev–Trinajstić information content (AvgIpc) is 3.14. The number of nitrogens with zero attached hydrogens (tertiary/aromatic N) is 3. The van der Waals surface area contributed by atoms with Crippen LogP contribution in [0.2, 0.25) is 0 Å². The number of ether oxygens (including phenoxy) is 2. The first-order chi connectivity index (χ1) is 15.2. The second-order valence-electron chi connectivity index (χ2n) is 7.91. The van der Waals surface area contributed by atoms with E-state index in [2.05, 4.69) is 16.4 Å². The summed E-state index contributed by atoms with van der Waals surface area (Å²) in [6.07, 6.45) is 2.58. The summed E-state index contributed by atoms with van der Waals surface area (Å²) in [5.41, 5.74) is 4.54. The van der Waals surface area contributed by atoms with Crippen LogP contribution in [0.5, 0.6) is 5.75 Å². The fourth-order valence-corrected chi connectivity index (χ4v) is 4.35. The first-order valence-corrected chi connectivity index (χ1v) is 10.6. The van der Waals surface area contributed by atoms with Crippen molar-refractivity contribution in [3.8, 4) is 5.75 Å². The van der Waals surface area contributed by atoms with Gasteiger partial charge in [-0.05, 0) is 19.1 Å². The summed E-state index contributed by atoms with van der Waals surface area (Å²) in [5, 5.41) is 13.5. The van der Waals surface area contributed by atoms with Crippen molar-refractivity contribution in [2.75, 3.05) is 38.2 Å². The van der Waals surface area contributed by atoms with E-state index >= 15 is 0 Å². The van der Waals surface area contributed by atoms with Crippen LogP contribution in [0.1, 0.15) is 39.8 Å². The summed E-state index contributed by atoms with van der Waals surface area (Å²) in [5.74, 6) is 0.828. The number of aryl methyl sites for hydroxylation is 1. The molecule has 2 aliphatic heterocycles. The monoisotopic (exact) mass is 422 g/mol. The minimum Gasteiger partial charge on any atom is -0.493 e. The third-order valence-corrected chi connectivity index (χ3v) is 6.00. The number of carbonyl (C=O) groups is 1. The first kappa shape index (κ1) is 19.8. The first-order valence-electron chi connectivity index (χ1n) is 10.6. The molecule has 0 saturated carbocycles. The number of hydrogen-bond donors (Lipinski definition) is 2. The number of aromatic nitrogens is 2. The maximum atomic E-state index is 13.2. The smallest absolute Gasteiger partial charge is 0.255 e. The van der Waals surface area contributed by atoms with Crippen LogP contribution in [0, 0.1) is 6.92 Å². The van der Waals surface area contributed by atoms with Crippen LogP contribution in [0.15, 0.2) is 36.5 Å². The lowest BCUT2D eigenvalue weighted by Gasteiger charge is -2.29. The molecule has 8 heteroatoms. The molecule has 2 N–H and O–H groups in total. The number of imidazole rings is 1. The maximum absolute atomic E-state index is 13.2. The van der Waals surface area contributed by atoms with Gasteiger partial charge in [-0.3, -0.25) is 9.20 Å². The Hall–Kier alpha value is -3.10. The summed E-state index contributed by atoms with van der Waals surface area (Å²) in [7, 11) is 0. The SMILES string of the molecule is Cc1nc2c(NC3CCOc4ccccc43)cc(C(=O)N3CCOCC3)cn2c1CO. The minimum absolute atomic E-state index is 0.0390. The van der Waals surface area contributed by atoms with Crippen molar-refractivity contribution in [1.82, 2.24) is 14.3 Å². The molecule has 5 rings (SSSR count). The van der Waals surface area contributed by atoms with E-state index in [1.165, 1.54) is 0 Å². The highest BCUT2D eigenvalue weighted by atomic mass is 16.5. The Kier molecular flexibility index (Phi) is 5.25. The van der Waals surface area contributed by atoms with Crippen LogP contribution >= 0.6 is 0 Å². The van der Waals surface area contributed by atoms with E-state index in [-0.39, 0.29) is 18.6 Å². The number of aliphatic hydroxyl groups excluding tert-OH is 1. The Morgan fingerprint density at radius 2 is 2.06 bits per heavy atom. The number of morpholine rings is 1. The summed E-state index contributed by atoms with van der Waals surface area (Å²) in [6, 6.07) is 9.91. The highest BCUT2D eigenvalue weighted by Gasteiger charge is 2.25. The third-order valence-electron chi connectivity index (χ3n) is 6.00. The predicted octanol–water partition coefficient (Wildman–Crippen LogP) is 2.54. The zero-order valence-corrected chi connectivity index (χ0v) is 17.5. The van der Waals surface area contributed by atoms with Gasteiger partial charge >= 0.3 is 0 Å². The molecule has 0 aliphatic carbocycles. The van der Waals surface area contributed by atoms with E-state index in [1.807, 2.05) is 35.6 Å². The van der Waals surface area contributed by atoms with Crippen molar-refractivity contribution in [3.63, 3.8) is 0 Å². The van der Waals surface area contributed by atoms with Gasteiger partial charge in [-0.25, -0.2) is 4.98 Å². The Balaban J connectivity index is 1.57. The van der Waals surface area contributed by atoms with Crippen LogP contribution < -0.4 is 10.1 Å². The minimum atomic E-state index is -0.151. The highest BCUT2D eigenvalue weighted by Crippen LogP contribution is 2.35. The van der Waals surface area contributed by atoms with Crippen molar-refractivity contribution in [2.24, 2.45) is 0 Å². The van der Waals surface area contributed by atoms with E-state index in [1.54, 1.807) is 11.1 Å². The molecule has 2 aliphatic rings. The maximum Gasteiger partial charge on any atom is 0.255 e.